The minimum Gasteiger partial charge on any atom is -0.321 e. The number of carbonyl (C=O) groups excluding carboxylic acids is 1. The molecule has 1 N–H and O–H groups in total. The molecule has 0 aliphatic carbocycles. The summed E-state index contributed by atoms with van der Waals surface area (Å²) in [4.78, 5) is 14.8. The van der Waals surface area contributed by atoms with Crippen LogP contribution in [0, 0.1) is 0 Å². The molecular weight excluding hydrogens is 469 g/mol. The largest absolute Gasteiger partial charge is 0.321 e. The quantitative estimate of drug-likeness (QED) is 0.611. The Labute approximate surface area is 191 Å². The molecule has 3 rings (SSSR count). The number of amides is 1. The second-order valence-corrected chi connectivity index (χ2v) is 10.5. The molecule has 0 atom stereocenters. The van der Waals surface area contributed by atoms with E-state index in [4.69, 9.17) is 34.8 Å². The van der Waals surface area contributed by atoms with Crippen molar-refractivity contribution in [2.24, 2.45) is 0 Å². The lowest BCUT2D eigenvalue weighted by Crippen LogP contribution is -2.48. The van der Waals surface area contributed by atoms with Gasteiger partial charge in [0.1, 0.15) is 0 Å². The summed E-state index contributed by atoms with van der Waals surface area (Å²) in [5, 5.41) is 3.67. The maximum Gasteiger partial charge on any atom is 0.255 e. The fraction of sp³-hybridized carbons (Fsp3) is 0.350. The fourth-order valence-electron chi connectivity index (χ4n) is 3.23. The number of piperazine rings is 1. The number of halogens is 3. The van der Waals surface area contributed by atoms with Crippen LogP contribution in [0.15, 0.2) is 36.4 Å². The smallest absolute Gasteiger partial charge is 0.255 e. The minimum atomic E-state index is -3.15. The van der Waals surface area contributed by atoms with Crippen LogP contribution in [0.2, 0.25) is 15.1 Å². The summed E-state index contributed by atoms with van der Waals surface area (Å²) in [5.74, 6) is -0.191. The van der Waals surface area contributed by atoms with Crippen LogP contribution in [-0.4, -0.2) is 55.5 Å². The Morgan fingerprint density at radius 3 is 2.33 bits per heavy atom. The van der Waals surface area contributed by atoms with E-state index in [1.54, 1.807) is 13.0 Å². The number of hydrogen-bond acceptors (Lipinski definition) is 4. The van der Waals surface area contributed by atoms with E-state index in [0.717, 1.165) is 5.56 Å². The van der Waals surface area contributed by atoms with Gasteiger partial charge in [0, 0.05) is 38.3 Å². The molecular formula is C20H22Cl3N3O3S. The van der Waals surface area contributed by atoms with Crippen molar-refractivity contribution in [3.05, 3.63) is 62.6 Å². The summed E-state index contributed by atoms with van der Waals surface area (Å²) in [6.45, 7) is 4.54. The third-order valence-corrected chi connectivity index (χ3v) is 7.86. The topological polar surface area (TPSA) is 69.7 Å². The van der Waals surface area contributed by atoms with Crippen molar-refractivity contribution in [3.8, 4) is 0 Å². The Kier molecular flexibility index (Phi) is 7.66. The molecule has 0 spiro atoms. The highest BCUT2D eigenvalue weighted by Crippen LogP contribution is 2.32. The summed E-state index contributed by atoms with van der Waals surface area (Å²) in [5.41, 5.74) is 1.84. The van der Waals surface area contributed by atoms with E-state index in [0.29, 0.717) is 59.0 Å². The van der Waals surface area contributed by atoms with Gasteiger partial charge in [0.05, 0.1) is 26.5 Å². The van der Waals surface area contributed by atoms with E-state index < -0.39 is 10.0 Å². The highest BCUT2D eigenvalue weighted by Gasteiger charge is 2.25. The van der Waals surface area contributed by atoms with Gasteiger partial charge in [0.25, 0.3) is 5.91 Å². The molecule has 0 aromatic heterocycles. The van der Waals surface area contributed by atoms with Crippen LogP contribution in [0.4, 0.5) is 5.69 Å². The summed E-state index contributed by atoms with van der Waals surface area (Å²) >= 11 is 18.1. The number of rotatable bonds is 6. The highest BCUT2D eigenvalue weighted by molar-refractivity contribution is 7.89. The normalized spacial score (nSPS) is 15.9. The van der Waals surface area contributed by atoms with Gasteiger partial charge in [-0.1, -0.05) is 46.9 Å². The number of hydrogen-bond donors (Lipinski definition) is 1. The van der Waals surface area contributed by atoms with Crippen molar-refractivity contribution < 1.29 is 13.2 Å². The molecule has 0 unspecified atom stereocenters. The first-order chi connectivity index (χ1) is 14.2. The first-order valence-electron chi connectivity index (χ1n) is 9.44. The van der Waals surface area contributed by atoms with Crippen LogP contribution in [0.1, 0.15) is 22.8 Å². The van der Waals surface area contributed by atoms with Crippen LogP contribution in [0.5, 0.6) is 0 Å². The zero-order chi connectivity index (χ0) is 21.9. The van der Waals surface area contributed by atoms with Gasteiger partial charge in [-0.05, 0) is 36.8 Å². The van der Waals surface area contributed by atoms with Gasteiger partial charge in [-0.25, -0.2) is 8.42 Å². The number of nitrogens with zero attached hydrogens (tertiary/aromatic N) is 2. The molecule has 0 bridgehead atoms. The number of carbonyl (C=O) groups is 1. The van der Waals surface area contributed by atoms with Gasteiger partial charge >= 0.3 is 0 Å². The average Bonchev–Trinajstić information content (AvgIpc) is 2.72. The molecule has 1 fully saturated rings. The van der Waals surface area contributed by atoms with Crippen molar-refractivity contribution >= 4 is 56.4 Å². The molecule has 1 heterocycles. The fourth-order valence-corrected chi connectivity index (χ4v) is 4.91. The summed E-state index contributed by atoms with van der Waals surface area (Å²) < 4.78 is 25.5. The SMILES string of the molecule is CCS(=O)(=O)N1CCN(Cc2cccc(C(=O)Nc3cc(Cl)c(Cl)cc3Cl)c2)CC1. The van der Waals surface area contributed by atoms with Crippen LogP contribution >= 0.6 is 34.8 Å². The Morgan fingerprint density at radius 2 is 1.67 bits per heavy atom. The van der Waals surface area contributed by atoms with Crippen LogP contribution in [0.25, 0.3) is 0 Å². The van der Waals surface area contributed by atoms with Gasteiger partial charge in [-0.15, -0.1) is 0 Å². The Morgan fingerprint density at radius 1 is 1.00 bits per heavy atom. The maximum absolute atomic E-state index is 12.7. The maximum atomic E-state index is 12.7. The summed E-state index contributed by atoms with van der Waals surface area (Å²) in [6, 6.07) is 10.3. The summed E-state index contributed by atoms with van der Waals surface area (Å²) in [6.07, 6.45) is 0. The van der Waals surface area contributed by atoms with Gasteiger partial charge in [0.2, 0.25) is 10.0 Å². The number of nitrogens with one attached hydrogen (secondary N) is 1. The van der Waals surface area contributed by atoms with Crippen molar-refractivity contribution in [3.63, 3.8) is 0 Å². The van der Waals surface area contributed by atoms with E-state index >= 15 is 0 Å². The molecule has 2 aromatic carbocycles. The second kappa shape index (κ2) is 9.85. The highest BCUT2D eigenvalue weighted by atomic mass is 35.5. The number of sulfonamides is 1. The molecule has 2 aromatic rings. The number of anilines is 1. The van der Waals surface area contributed by atoms with E-state index in [9.17, 15) is 13.2 Å². The van der Waals surface area contributed by atoms with Crippen molar-refractivity contribution in [2.75, 3.05) is 37.2 Å². The Bertz CT molecular complexity index is 1040. The molecule has 6 nitrogen and oxygen atoms in total. The molecule has 10 heteroatoms. The third-order valence-electron chi connectivity index (χ3n) is 4.94. The lowest BCUT2D eigenvalue weighted by molar-refractivity contribution is 0.102. The van der Waals surface area contributed by atoms with Gasteiger partial charge in [0.15, 0.2) is 0 Å². The van der Waals surface area contributed by atoms with Crippen LogP contribution in [0.3, 0.4) is 0 Å². The van der Waals surface area contributed by atoms with Gasteiger partial charge < -0.3 is 5.32 Å². The Hall–Kier alpha value is -1.35. The van der Waals surface area contributed by atoms with Crippen LogP contribution in [-0.2, 0) is 16.6 Å². The van der Waals surface area contributed by atoms with Crippen molar-refractivity contribution in [1.82, 2.24) is 9.21 Å². The minimum absolute atomic E-state index is 0.118. The predicted molar refractivity (Wildman–Crippen MR) is 122 cm³/mol. The molecule has 1 aliphatic rings. The van der Waals surface area contributed by atoms with Crippen molar-refractivity contribution in [1.29, 1.82) is 0 Å². The zero-order valence-electron chi connectivity index (χ0n) is 16.4. The summed E-state index contributed by atoms with van der Waals surface area (Å²) in [7, 11) is -3.15. The zero-order valence-corrected chi connectivity index (χ0v) is 19.5. The third kappa shape index (κ3) is 5.66. The monoisotopic (exact) mass is 489 g/mol. The molecule has 1 aliphatic heterocycles. The molecule has 0 radical (unpaired) electrons. The predicted octanol–water partition coefficient (Wildman–Crippen LogP) is 4.37. The number of benzene rings is 2. The van der Waals surface area contributed by atoms with Gasteiger partial charge in [-0.2, -0.15) is 4.31 Å². The molecule has 0 saturated carbocycles. The van der Waals surface area contributed by atoms with E-state index in [1.807, 2.05) is 18.2 Å². The lowest BCUT2D eigenvalue weighted by atomic mass is 10.1. The van der Waals surface area contributed by atoms with Crippen LogP contribution < -0.4 is 5.32 Å². The second-order valence-electron chi connectivity index (χ2n) is 6.98. The molecule has 1 amide bonds. The molecule has 30 heavy (non-hydrogen) atoms. The molecule has 1 saturated heterocycles. The van der Waals surface area contributed by atoms with E-state index in [-0.39, 0.29) is 11.7 Å². The first-order valence-corrected chi connectivity index (χ1v) is 12.2. The van der Waals surface area contributed by atoms with E-state index in [2.05, 4.69) is 10.2 Å². The lowest BCUT2D eigenvalue weighted by Gasteiger charge is -2.33. The average molecular weight is 491 g/mol. The van der Waals surface area contributed by atoms with Crippen molar-refractivity contribution in [2.45, 2.75) is 13.5 Å². The standard InChI is InChI=1S/C20H22Cl3N3O3S/c1-2-30(28,29)26-8-6-25(7-9-26)13-14-4-3-5-15(10-14)20(27)24-19-12-17(22)16(21)11-18(19)23/h3-5,10-12H,2,6-9,13H2,1H3,(H,24,27). The Balaban J connectivity index is 1.64. The molecule has 162 valence electrons. The first kappa shape index (κ1) is 23.3. The van der Waals surface area contributed by atoms with E-state index in [1.165, 1.54) is 16.4 Å². The van der Waals surface area contributed by atoms with Gasteiger partial charge in [-0.3, -0.25) is 9.69 Å².